The minimum absolute atomic E-state index is 0.00279. The van der Waals surface area contributed by atoms with E-state index in [9.17, 15) is 38.0 Å². The Morgan fingerprint density at radius 3 is 2.19 bits per heavy atom. The predicted molar refractivity (Wildman–Crippen MR) is 264 cm³/mol. The number of nitrogens with one attached hydrogen (secondary N) is 3. The Labute approximate surface area is 410 Å². The molecule has 0 aromatic heterocycles. The van der Waals surface area contributed by atoms with Crippen LogP contribution in [0.1, 0.15) is 90.1 Å². The van der Waals surface area contributed by atoms with Crippen molar-refractivity contribution in [3.63, 3.8) is 0 Å². The minimum Gasteiger partial charge on any atom is -0.444 e. The van der Waals surface area contributed by atoms with Crippen LogP contribution >= 0.6 is 0 Å². The second-order valence-electron chi connectivity index (χ2n) is 21.5. The fourth-order valence-corrected chi connectivity index (χ4v) is 9.18. The molecule has 0 aliphatic carbocycles. The molecule has 18 heteroatoms. The number of benzene rings is 3. The first-order valence-electron chi connectivity index (χ1n) is 23.8. The van der Waals surface area contributed by atoms with Crippen LogP contribution in [0.3, 0.4) is 0 Å². The van der Waals surface area contributed by atoms with Crippen molar-refractivity contribution >= 4 is 52.9 Å². The van der Waals surface area contributed by atoms with E-state index in [4.69, 9.17) is 10.5 Å². The van der Waals surface area contributed by atoms with Gasteiger partial charge in [0.1, 0.15) is 23.5 Å². The first-order chi connectivity index (χ1) is 32.6. The molecule has 378 valence electrons. The van der Waals surface area contributed by atoms with E-state index in [-0.39, 0.29) is 49.7 Å². The van der Waals surface area contributed by atoms with Crippen LogP contribution in [0.2, 0.25) is 0 Å². The number of carbonyl (C=O) groups is 7. The Bertz CT molecular complexity index is 2500. The Hall–Kier alpha value is -6.40. The summed E-state index contributed by atoms with van der Waals surface area (Å²) in [6.45, 7) is 17.2. The number of rotatable bonds is 13. The van der Waals surface area contributed by atoms with Crippen molar-refractivity contribution in [3.8, 4) is 0 Å². The van der Waals surface area contributed by atoms with Crippen molar-refractivity contribution < 1.29 is 42.7 Å². The quantitative estimate of drug-likeness (QED) is 0.194. The van der Waals surface area contributed by atoms with Crippen LogP contribution in [-0.2, 0) is 58.3 Å². The fraction of sp³-hybridized carbons (Fsp3) is 0.519. The van der Waals surface area contributed by atoms with Gasteiger partial charge in [-0.2, -0.15) is 0 Å². The molecule has 0 radical (unpaired) electrons. The van der Waals surface area contributed by atoms with Crippen molar-refractivity contribution in [1.82, 2.24) is 30.2 Å². The highest BCUT2D eigenvalue weighted by Gasteiger charge is 2.48. The number of anilines is 2. The van der Waals surface area contributed by atoms with Crippen molar-refractivity contribution in [1.29, 1.82) is 0 Å². The van der Waals surface area contributed by atoms with Crippen LogP contribution in [0, 0.1) is 11.2 Å². The Balaban J connectivity index is 1.15. The third-order valence-corrected chi connectivity index (χ3v) is 13.4. The molecule has 3 aromatic carbocycles. The number of nitrogens with zero attached hydrogens (tertiary/aromatic N) is 5. The summed E-state index contributed by atoms with van der Waals surface area (Å²) in [5.74, 6) is -3.07. The van der Waals surface area contributed by atoms with Crippen LogP contribution < -0.4 is 26.6 Å². The summed E-state index contributed by atoms with van der Waals surface area (Å²) in [6.07, 6.45) is 0.184. The third kappa shape index (κ3) is 12.3. The van der Waals surface area contributed by atoms with Gasteiger partial charge in [0.05, 0.1) is 24.5 Å². The molecule has 17 nitrogen and oxygen atoms in total. The van der Waals surface area contributed by atoms with Gasteiger partial charge in [0.15, 0.2) is 0 Å². The van der Waals surface area contributed by atoms with Gasteiger partial charge < -0.3 is 41.1 Å². The summed E-state index contributed by atoms with van der Waals surface area (Å²) in [5, 5.41) is 8.53. The molecule has 0 spiro atoms. The van der Waals surface area contributed by atoms with E-state index in [1.807, 2.05) is 71.6 Å². The maximum atomic E-state index is 14.3. The lowest BCUT2D eigenvalue weighted by Gasteiger charge is -2.41. The molecule has 3 heterocycles. The zero-order valence-corrected chi connectivity index (χ0v) is 42.4. The number of piperazine rings is 1. The largest absolute Gasteiger partial charge is 0.444 e. The number of hydrogen-bond donors (Lipinski definition) is 4. The summed E-state index contributed by atoms with van der Waals surface area (Å²) >= 11 is 0. The first-order valence-corrected chi connectivity index (χ1v) is 23.8. The van der Waals surface area contributed by atoms with Gasteiger partial charge in [-0.3, -0.25) is 38.6 Å². The molecule has 1 fully saturated rings. The molecule has 0 bridgehead atoms. The summed E-state index contributed by atoms with van der Waals surface area (Å²) in [6, 6.07) is 14.2. The zero-order valence-electron chi connectivity index (χ0n) is 42.4. The van der Waals surface area contributed by atoms with Gasteiger partial charge in [-0.05, 0) is 126 Å². The molecular weight excluding hydrogens is 898 g/mol. The number of hydrogen-bond acceptors (Lipinski definition) is 10. The average molecular weight is 968 g/mol. The van der Waals surface area contributed by atoms with Gasteiger partial charge in [0.2, 0.25) is 35.4 Å². The smallest absolute Gasteiger partial charge is 0.410 e. The van der Waals surface area contributed by atoms with Gasteiger partial charge >= 0.3 is 6.09 Å². The van der Waals surface area contributed by atoms with Crippen LogP contribution in [-0.4, -0.2) is 144 Å². The summed E-state index contributed by atoms with van der Waals surface area (Å²) in [5.41, 5.74) is 7.95. The van der Waals surface area contributed by atoms with Gasteiger partial charge in [0.25, 0.3) is 0 Å². The molecule has 4 unspecified atom stereocenters. The molecule has 0 saturated carbocycles. The second kappa shape index (κ2) is 20.9. The van der Waals surface area contributed by atoms with Gasteiger partial charge in [-0.1, -0.05) is 51.1 Å². The zero-order chi connectivity index (χ0) is 51.6. The van der Waals surface area contributed by atoms with E-state index in [2.05, 4.69) is 16.0 Å². The highest BCUT2D eigenvalue weighted by atomic mass is 19.1. The van der Waals surface area contributed by atoms with Crippen molar-refractivity contribution in [2.45, 2.75) is 117 Å². The number of halogens is 1. The lowest BCUT2D eigenvalue weighted by molar-refractivity contribution is -0.146. The lowest BCUT2D eigenvalue weighted by atomic mass is 9.83. The van der Waals surface area contributed by atoms with Gasteiger partial charge in [0, 0.05) is 56.6 Å². The predicted octanol–water partition coefficient (Wildman–Crippen LogP) is 3.94. The van der Waals surface area contributed by atoms with Crippen molar-refractivity contribution in [2.75, 3.05) is 63.6 Å². The normalized spacial score (nSPS) is 20.2. The second-order valence-corrected chi connectivity index (χ2v) is 21.5. The van der Waals surface area contributed by atoms with Gasteiger partial charge in [-0.25, -0.2) is 9.18 Å². The van der Waals surface area contributed by atoms with Gasteiger partial charge in [-0.15, -0.1) is 0 Å². The molecular formula is C52H70FN9O8. The monoisotopic (exact) mass is 968 g/mol. The molecule has 3 aliphatic rings. The van der Waals surface area contributed by atoms with E-state index >= 15 is 0 Å². The first kappa shape index (κ1) is 53.0. The Kier molecular flexibility index (Phi) is 15.8. The number of amides is 7. The van der Waals surface area contributed by atoms with Crippen molar-refractivity contribution in [3.05, 3.63) is 94.3 Å². The number of primary amides is 1. The third-order valence-electron chi connectivity index (χ3n) is 13.4. The topological polar surface area (TPSA) is 207 Å². The van der Waals surface area contributed by atoms with E-state index in [1.54, 1.807) is 73.0 Å². The SMILES string of the molecule is CC1CN(CC(=O)N2CC(C)(C(=O)NCC(=O)Nc3ccc4c(c3)CN(C(=O)C(NC(=O)[C@H](C)N(C)C)C(C)(C)C)C(C(N)=O)C4)c3ccc(Cc4ccc(F)cc4)cc32)CCN1C(=O)OC(C)(C)C. The molecule has 3 aromatic rings. The van der Waals surface area contributed by atoms with E-state index in [0.717, 1.165) is 16.7 Å². The van der Waals surface area contributed by atoms with E-state index in [1.165, 1.54) is 17.0 Å². The maximum Gasteiger partial charge on any atom is 0.410 e. The van der Waals surface area contributed by atoms with Crippen molar-refractivity contribution in [2.24, 2.45) is 11.1 Å². The minimum atomic E-state index is -1.25. The number of carbonyl (C=O) groups excluding carboxylic acids is 7. The Morgan fingerprint density at radius 2 is 1.57 bits per heavy atom. The van der Waals surface area contributed by atoms with Crippen LogP contribution in [0.15, 0.2) is 60.7 Å². The molecule has 5 N–H and O–H groups in total. The highest BCUT2D eigenvalue weighted by Crippen LogP contribution is 2.42. The summed E-state index contributed by atoms with van der Waals surface area (Å²) < 4.78 is 19.4. The number of fused-ring (bicyclic) bond motifs is 2. The summed E-state index contributed by atoms with van der Waals surface area (Å²) in [4.78, 5) is 104. The Morgan fingerprint density at radius 1 is 0.900 bits per heavy atom. The molecule has 3 aliphatic heterocycles. The number of likely N-dealkylation sites (N-methyl/N-ethyl adjacent to an activating group) is 1. The van der Waals surface area contributed by atoms with Crippen LogP contribution in [0.25, 0.3) is 0 Å². The highest BCUT2D eigenvalue weighted by molar-refractivity contribution is 6.04. The average Bonchev–Trinajstić information content (AvgIpc) is 3.58. The molecule has 5 atom stereocenters. The van der Waals surface area contributed by atoms with E-state index < -0.39 is 70.8 Å². The summed E-state index contributed by atoms with van der Waals surface area (Å²) in [7, 11) is 3.52. The number of ether oxygens (including phenoxy) is 1. The van der Waals surface area contributed by atoms with Crippen LogP contribution in [0.5, 0.6) is 0 Å². The fourth-order valence-electron chi connectivity index (χ4n) is 9.18. The molecule has 1 saturated heterocycles. The lowest BCUT2D eigenvalue weighted by Crippen LogP contribution is -2.61. The molecule has 7 amide bonds. The van der Waals surface area contributed by atoms with Crippen LogP contribution in [0.4, 0.5) is 20.6 Å². The maximum absolute atomic E-state index is 14.3. The molecule has 6 rings (SSSR count). The standard InChI is InChI=1S/C52H70FN9O8/c1-31-27-59(20-21-60(31)49(69)70-51(6,7)8)29-43(64)62-30-52(9,39-19-14-34(23-40(39)62)22-33-12-16-37(53)17-13-33)48(68)55-26-42(63)56-38-18-15-35-25-41(45(54)65)61(28-36(35)24-38)47(67)44(50(3,4)5)57-46(66)32(2)58(10)11/h12-19,23-24,31-32,41,44H,20-22,25-30H2,1-11H3,(H2,54,65)(H,55,68)(H,56,63)(H,57,66)/t31?,32-,41?,44?,52?/m0/s1. The molecule has 70 heavy (non-hydrogen) atoms. The van der Waals surface area contributed by atoms with E-state index in [0.29, 0.717) is 48.6 Å². The number of nitrogens with two attached hydrogens (primary N) is 1.